The van der Waals surface area contributed by atoms with Crippen LogP contribution in [0.5, 0.6) is 5.75 Å². The highest BCUT2D eigenvalue weighted by molar-refractivity contribution is 6.38. The van der Waals surface area contributed by atoms with E-state index in [-0.39, 0.29) is 5.91 Å². The van der Waals surface area contributed by atoms with E-state index in [1.54, 1.807) is 19.2 Å². The maximum absolute atomic E-state index is 13.2. The second-order valence-electron chi connectivity index (χ2n) is 8.47. The number of ether oxygens (including phenoxy) is 1. The Balaban J connectivity index is 1.41. The molecule has 0 saturated carbocycles. The number of hydrogen-bond acceptors (Lipinski definition) is 3. The van der Waals surface area contributed by atoms with Crippen molar-refractivity contribution in [1.82, 2.24) is 14.8 Å². The topological polar surface area (TPSA) is 48.6 Å². The third-order valence-electron chi connectivity index (χ3n) is 6.20. The molecule has 0 bridgehead atoms. The Morgan fingerprint density at radius 1 is 1.22 bits per heavy atom. The fourth-order valence-electron chi connectivity index (χ4n) is 4.55. The molecule has 32 heavy (non-hydrogen) atoms. The van der Waals surface area contributed by atoms with Crippen LogP contribution in [0.2, 0.25) is 10.0 Å². The van der Waals surface area contributed by atoms with Gasteiger partial charge in [-0.25, -0.2) is 0 Å². The summed E-state index contributed by atoms with van der Waals surface area (Å²) in [6.07, 6.45) is 2.28. The van der Waals surface area contributed by atoms with E-state index in [1.807, 2.05) is 30.0 Å². The lowest BCUT2D eigenvalue weighted by Crippen LogP contribution is -2.42. The van der Waals surface area contributed by atoms with Gasteiger partial charge in [-0.15, -0.1) is 0 Å². The van der Waals surface area contributed by atoms with Crippen molar-refractivity contribution in [2.24, 2.45) is 5.92 Å². The zero-order valence-electron chi connectivity index (χ0n) is 18.5. The van der Waals surface area contributed by atoms with Crippen LogP contribution in [-0.2, 0) is 6.54 Å². The number of hydrogen-bond donors (Lipinski definition) is 1. The van der Waals surface area contributed by atoms with Crippen molar-refractivity contribution in [3.05, 3.63) is 63.8 Å². The molecule has 1 aromatic heterocycles. The fraction of sp³-hybridized carbons (Fsp3) is 0.400. The first kappa shape index (κ1) is 23.0. The molecule has 2 aromatic carbocycles. The lowest BCUT2D eigenvalue weighted by molar-refractivity contribution is 0.0680. The van der Waals surface area contributed by atoms with Crippen LogP contribution >= 0.6 is 23.2 Å². The number of likely N-dealkylation sites (tertiary alicyclic amines) is 1. The van der Waals surface area contributed by atoms with Gasteiger partial charge in [0, 0.05) is 42.1 Å². The summed E-state index contributed by atoms with van der Waals surface area (Å²) in [5, 5.41) is 1.92. The Hall–Kier alpha value is -2.21. The van der Waals surface area contributed by atoms with Gasteiger partial charge < -0.3 is 14.6 Å². The van der Waals surface area contributed by atoms with Gasteiger partial charge in [0.15, 0.2) is 0 Å². The van der Waals surface area contributed by atoms with Crippen LogP contribution in [0.25, 0.3) is 10.9 Å². The largest absolute Gasteiger partial charge is 0.497 e. The number of carbonyl (C=O) groups excluding carboxylic acids is 1. The van der Waals surface area contributed by atoms with Gasteiger partial charge in [0.25, 0.3) is 5.91 Å². The molecule has 0 aliphatic carbocycles. The van der Waals surface area contributed by atoms with Crippen LogP contribution in [0.4, 0.5) is 0 Å². The summed E-state index contributed by atoms with van der Waals surface area (Å²) in [6.45, 7) is 6.44. The molecule has 1 aliphatic rings. The van der Waals surface area contributed by atoms with Crippen molar-refractivity contribution in [3.8, 4) is 5.75 Å². The molecular formula is C25H29Cl2N3O2. The molecule has 1 aliphatic heterocycles. The van der Waals surface area contributed by atoms with Crippen molar-refractivity contribution in [2.75, 3.05) is 33.3 Å². The number of carbonyl (C=O) groups is 1. The minimum absolute atomic E-state index is 0.00293. The Morgan fingerprint density at radius 3 is 2.72 bits per heavy atom. The smallest absolute Gasteiger partial charge is 0.270 e. The second kappa shape index (κ2) is 10.2. The molecule has 4 rings (SSSR count). The van der Waals surface area contributed by atoms with Gasteiger partial charge in [-0.05, 0) is 68.1 Å². The van der Waals surface area contributed by atoms with Gasteiger partial charge in [0.05, 0.1) is 12.1 Å². The maximum atomic E-state index is 13.2. The average molecular weight is 474 g/mol. The number of H-pyrrole nitrogens is 1. The number of piperidine rings is 1. The van der Waals surface area contributed by atoms with Crippen LogP contribution < -0.4 is 4.74 Å². The lowest BCUT2D eigenvalue weighted by atomic mass is 9.96. The van der Waals surface area contributed by atoms with Crippen LogP contribution in [0.1, 0.15) is 35.8 Å². The number of aromatic amines is 1. The van der Waals surface area contributed by atoms with Gasteiger partial charge in [-0.2, -0.15) is 0 Å². The van der Waals surface area contributed by atoms with Gasteiger partial charge in [0.2, 0.25) is 0 Å². The Labute approximate surface area is 199 Å². The first-order valence-corrected chi connectivity index (χ1v) is 11.8. The van der Waals surface area contributed by atoms with E-state index < -0.39 is 0 Å². The average Bonchev–Trinajstić information content (AvgIpc) is 3.22. The van der Waals surface area contributed by atoms with E-state index in [9.17, 15) is 4.79 Å². The maximum Gasteiger partial charge on any atom is 0.270 e. The van der Waals surface area contributed by atoms with Crippen LogP contribution in [0, 0.1) is 5.92 Å². The third-order valence-corrected chi connectivity index (χ3v) is 6.73. The molecule has 0 radical (unpaired) electrons. The molecule has 5 nitrogen and oxygen atoms in total. The Morgan fingerprint density at radius 2 is 2.00 bits per heavy atom. The summed E-state index contributed by atoms with van der Waals surface area (Å²) in [6, 6.07) is 13.6. The van der Waals surface area contributed by atoms with Crippen molar-refractivity contribution < 1.29 is 9.53 Å². The van der Waals surface area contributed by atoms with Gasteiger partial charge in [-0.1, -0.05) is 35.3 Å². The third kappa shape index (κ3) is 5.22. The van der Waals surface area contributed by atoms with Crippen molar-refractivity contribution in [2.45, 2.75) is 26.3 Å². The molecule has 3 aromatic rings. The SMILES string of the molecule is CCN(CC1CCCN(Cc2ccc(OC)cc2)C1)C(=O)c1cc2c(Cl)cc(Cl)cc2[nH]1. The number of methoxy groups -OCH3 is 1. The van der Waals surface area contributed by atoms with E-state index in [0.29, 0.717) is 28.2 Å². The molecule has 1 atom stereocenters. The molecule has 1 amide bonds. The molecule has 2 heterocycles. The number of fused-ring (bicyclic) bond motifs is 1. The number of aromatic nitrogens is 1. The molecule has 1 unspecified atom stereocenters. The van der Waals surface area contributed by atoms with Crippen LogP contribution in [-0.4, -0.2) is 54.0 Å². The van der Waals surface area contributed by atoms with Crippen molar-refractivity contribution in [3.63, 3.8) is 0 Å². The van der Waals surface area contributed by atoms with E-state index >= 15 is 0 Å². The van der Waals surface area contributed by atoms with Gasteiger partial charge >= 0.3 is 0 Å². The van der Waals surface area contributed by atoms with Crippen LogP contribution in [0.3, 0.4) is 0 Å². The van der Waals surface area contributed by atoms with E-state index in [2.05, 4.69) is 22.0 Å². The summed E-state index contributed by atoms with van der Waals surface area (Å²) in [5.41, 5.74) is 2.62. The first-order valence-electron chi connectivity index (χ1n) is 11.1. The summed E-state index contributed by atoms with van der Waals surface area (Å²) in [7, 11) is 1.69. The monoisotopic (exact) mass is 473 g/mol. The number of nitrogens with one attached hydrogen (secondary N) is 1. The molecule has 1 saturated heterocycles. The molecular weight excluding hydrogens is 445 g/mol. The summed E-state index contributed by atoms with van der Waals surface area (Å²) >= 11 is 12.4. The molecule has 170 valence electrons. The van der Waals surface area contributed by atoms with E-state index in [0.717, 1.165) is 55.7 Å². The number of benzene rings is 2. The molecule has 0 spiro atoms. The van der Waals surface area contributed by atoms with Crippen molar-refractivity contribution in [1.29, 1.82) is 0 Å². The number of rotatable bonds is 7. The molecule has 1 N–H and O–H groups in total. The van der Waals surface area contributed by atoms with Crippen LogP contribution in [0.15, 0.2) is 42.5 Å². The second-order valence-corrected chi connectivity index (χ2v) is 9.31. The highest BCUT2D eigenvalue weighted by Crippen LogP contribution is 2.29. The zero-order valence-corrected chi connectivity index (χ0v) is 20.0. The van der Waals surface area contributed by atoms with E-state index in [4.69, 9.17) is 27.9 Å². The zero-order chi connectivity index (χ0) is 22.7. The number of amides is 1. The first-order chi connectivity index (χ1) is 15.5. The summed E-state index contributed by atoms with van der Waals surface area (Å²) < 4.78 is 5.26. The summed E-state index contributed by atoms with van der Waals surface area (Å²) in [4.78, 5) is 20.9. The standard InChI is InChI=1S/C25H29Cl2N3O2/c1-3-30(25(31)24-13-21-22(27)11-19(26)12-23(21)28-24)16-18-5-4-10-29(15-18)14-17-6-8-20(32-2)9-7-17/h6-9,11-13,18,28H,3-5,10,14-16H2,1-2H3. The normalized spacial score (nSPS) is 16.9. The van der Waals surface area contributed by atoms with Crippen molar-refractivity contribution >= 4 is 40.0 Å². The highest BCUT2D eigenvalue weighted by atomic mass is 35.5. The highest BCUT2D eigenvalue weighted by Gasteiger charge is 2.25. The van der Waals surface area contributed by atoms with Gasteiger partial charge in [0.1, 0.15) is 11.4 Å². The quantitative estimate of drug-likeness (QED) is 0.467. The summed E-state index contributed by atoms with van der Waals surface area (Å²) in [5.74, 6) is 1.33. The minimum atomic E-state index is 0.00293. The lowest BCUT2D eigenvalue weighted by Gasteiger charge is -2.35. The number of nitrogens with zero attached hydrogens (tertiary/aromatic N) is 2. The molecule has 1 fully saturated rings. The predicted octanol–water partition coefficient (Wildman–Crippen LogP) is 5.86. The minimum Gasteiger partial charge on any atom is -0.497 e. The Kier molecular flexibility index (Phi) is 7.29. The van der Waals surface area contributed by atoms with E-state index in [1.165, 1.54) is 5.56 Å². The predicted molar refractivity (Wildman–Crippen MR) is 131 cm³/mol. The molecule has 7 heteroatoms. The fourth-order valence-corrected chi connectivity index (χ4v) is 5.09. The Bertz CT molecular complexity index is 1080. The van der Waals surface area contributed by atoms with Gasteiger partial charge in [-0.3, -0.25) is 9.69 Å². The number of halogens is 2.